The summed E-state index contributed by atoms with van der Waals surface area (Å²) < 4.78 is 52.6. The molecule has 0 aliphatic rings. The average molecular weight is 361 g/mol. The van der Waals surface area contributed by atoms with Gasteiger partial charge < -0.3 is 10.6 Å². The summed E-state index contributed by atoms with van der Waals surface area (Å²) in [6, 6.07) is 9.82. The Bertz CT molecular complexity index is 944. The largest absolute Gasteiger partial charge is 0.338 e. The first-order valence-corrected chi connectivity index (χ1v) is 7.37. The first-order valence-electron chi connectivity index (χ1n) is 7.37. The van der Waals surface area contributed by atoms with Crippen LogP contribution in [0, 0.1) is 23.3 Å². The van der Waals surface area contributed by atoms with Gasteiger partial charge in [0.2, 0.25) is 0 Å². The van der Waals surface area contributed by atoms with Crippen LogP contribution in [0.25, 0.3) is 0 Å². The Morgan fingerprint density at radius 1 is 0.846 bits per heavy atom. The van der Waals surface area contributed by atoms with Gasteiger partial charge in [0, 0.05) is 11.9 Å². The topological polar surface area (TPSA) is 54.0 Å². The van der Waals surface area contributed by atoms with Crippen LogP contribution in [-0.4, -0.2) is 10.9 Å². The molecule has 1 heterocycles. The zero-order chi connectivity index (χ0) is 18.7. The van der Waals surface area contributed by atoms with Gasteiger partial charge in [-0.2, -0.15) is 0 Å². The van der Waals surface area contributed by atoms with Crippen LogP contribution < -0.4 is 10.6 Å². The van der Waals surface area contributed by atoms with Crippen molar-refractivity contribution < 1.29 is 22.4 Å². The van der Waals surface area contributed by atoms with Crippen molar-refractivity contribution in [2.75, 3.05) is 10.6 Å². The maximum atomic E-state index is 13.6. The fraction of sp³-hybridized carbons (Fsp3) is 0. The lowest BCUT2D eigenvalue weighted by Crippen LogP contribution is -2.12. The second kappa shape index (κ2) is 7.22. The maximum Gasteiger partial charge on any atom is 0.257 e. The first-order chi connectivity index (χ1) is 12.4. The Balaban J connectivity index is 1.71. The van der Waals surface area contributed by atoms with Crippen molar-refractivity contribution in [3.8, 4) is 0 Å². The lowest BCUT2D eigenvalue weighted by molar-refractivity contribution is 0.102. The fourth-order valence-corrected chi connectivity index (χ4v) is 2.10. The Kier molecular flexibility index (Phi) is 4.83. The summed E-state index contributed by atoms with van der Waals surface area (Å²) in [5.74, 6) is -5.03. The van der Waals surface area contributed by atoms with Crippen LogP contribution in [0.5, 0.6) is 0 Å². The van der Waals surface area contributed by atoms with Crippen molar-refractivity contribution >= 4 is 23.1 Å². The van der Waals surface area contributed by atoms with E-state index in [4.69, 9.17) is 0 Å². The number of hydrogen-bond donors (Lipinski definition) is 2. The van der Waals surface area contributed by atoms with Gasteiger partial charge in [0.1, 0.15) is 11.6 Å². The molecule has 4 nitrogen and oxygen atoms in total. The summed E-state index contributed by atoms with van der Waals surface area (Å²) in [5, 5.41) is 5.06. The van der Waals surface area contributed by atoms with Gasteiger partial charge in [-0.3, -0.25) is 4.79 Å². The number of anilines is 3. The summed E-state index contributed by atoms with van der Waals surface area (Å²) in [4.78, 5) is 16.0. The van der Waals surface area contributed by atoms with Crippen molar-refractivity contribution in [3.63, 3.8) is 0 Å². The number of carbonyl (C=O) groups is 1. The molecule has 0 saturated carbocycles. The molecule has 1 aromatic heterocycles. The Labute approximate surface area is 145 Å². The van der Waals surface area contributed by atoms with Gasteiger partial charge in [-0.25, -0.2) is 22.5 Å². The molecule has 0 saturated heterocycles. The Morgan fingerprint density at radius 2 is 1.58 bits per heavy atom. The van der Waals surface area contributed by atoms with Gasteiger partial charge in [-0.1, -0.05) is 0 Å². The molecule has 0 bridgehead atoms. The highest BCUT2D eigenvalue weighted by Gasteiger charge is 2.14. The minimum Gasteiger partial charge on any atom is -0.338 e. The molecule has 0 radical (unpaired) electrons. The van der Waals surface area contributed by atoms with Crippen LogP contribution >= 0.6 is 0 Å². The van der Waals surface area contributed by atoms with E-state index >= 15 is 0 Å². The number of rotatable bonds is 4. The number of carbonyl (C=O) groups excluding carboxylic acids is 1. The predicted molar refractivity (Wildman–Crippen MR) is 88.2 cm³/mol. The van der Waals surface area contributed by atoms with Crippen LogP contribution in [0.15, 0.2) is 54.7 Å². The highest BCUT2D eigenvalue weighted by atomic mass is 19.2. The molecular weight excluding hydrogens is 350 g/mol. The van der Waals surface area contributed by atoms with E-state index in [-0.39, 0.29) is 17.1 Å². The summed E-state index contributed by atoms with van der Waals surface area (Å²) in [7, 11) is 0. The smallest absolute Gasteiger partial charge is 0.257 e. The van der Waals surface area contributed by atoms with Gasteiger partial charge in [0.15, 0.2) is 17.5 Å². The monoisotopic (exact) mass is 361 g/mol. The predicted octanol–water partition coefficient (Wildman–Crippen LogP) is 4.63. The number of nitrogens with zero attached hydrogens (tertiary/aromatic N) is 1. The van der Waals surface area contributed by atoms with E-state index in [2.05, 4.69) is 15.6 Å². The van der Waals surface area contributed by atoms with Crippen LogP contribution in [0.1, 0.15) is 10.4 Å². The number of nitrogens with one attached hydrogen (secondary N) is 2. The summed E-state index contributed by atoms with van der Waals surface area (Å²) in [6.45, 7) is 0. The third-order valence-electron chi connectivity index (χ3n) is 3.43. The van der Waals surface area contributed by atoms with E-state index in [1.807, 2.05) is 0 Å². The van der Waals surface area contributed by atoms with Crippen LogP contribution in [0.2, 0.25) is 0 Å². The molecule has 1 amide bonds. The molecular formula is C18H11F4N3O. The fourth-order valence-electron chi connectivity index (χ4n) is 2.10. The molecule has 0 fully saturated rings. The standard InChI is InChI=1S/C18H11F4N3O/c19-11-2-4-12(5-3-11)24-18(26)10-1-8-15(23-9-10)25-14-7-6-13(20)16(21)17(14)22/h1-9H,(H,23,25)(H,24,26). The first kappa shape index (κ1) is 17.4. The van der Waals surface area contributed by atoms with E-state index in [1.165, 1.54) is 42.6 Å². The van der Waals surface area contributed by atoms with E-state index in [0.717, 1.165) is 12.1 Å². The van der Waals surface area contributed by atoms with Crippen molar-refractivity contribution in [1.82, 2.24) is 4.98 Å². The summed E-state index contributed by atoms with van der Waals surface area (Å²) in [6.07, 6.45) is 1.22. The Hall–Kier alpha value is -3.42. The quantitative estimate of drug-likeness (QED) is 0.526. The van der Waals surface area contributed by atoms with Crippen molar-refractivity contribution in [1.29, 1.82) is 0 Å². The number of hydrogen-bond acceptors (Lipinski definition) is 3. The third kappa shape index (κ3) is 3.80. The van der Waals surface area contributed by atoms with Gasteiger partial charge in [-0.05, 0) is 48.5 Å². The average Bonchev–Trinajstić information content (AvgIpc) is 2.64. The van der Waals surface area contributed by atoms with E-state index in [0.29, 0.717) is 5.69 Å². The molecule has 0 aliphatic heterocycles. The lowest BCUT2D eigenvalue weighted by atomic mass is 10.2. The van der Waals surface area contributed by atoms with Crippen molar-refractivity contribution in [2.45, 2.75) is 0 Å². The molecule has 0 spiro atoms. The summed E-state index contributed by atoms with van der Waals surface area (Å²) >= 11 is 0. The molecule has 8 heteroatoms. The molecule has 3 rings (SSSR count). The zero-order valence-electron chi connectivity index (χ0n) is 13.1. The molecule has 3 aromatic rings. The molecule has 0 unspecified atom stereocenters. The number of amides is 1. The van der Waals surface area contributed by atoms with Gasteiger partial charge in [0.25, 0.3) is 5.91 Å². The molecule has 0 atom stereocenters. The van der Waals surface area contributed by atoms with Crippen molar-refractivity contribution in [3.05, 3.63) is 83.6 Å². The lowest BCUT2D eigenvalue weighted by Gasteiger charge is -2.09. The highest BCUT2D eigenvalue weighted by molar-refractivity contribution is 6.04. The minimum atomic E-state index is -1.59. The van der Waals surface area contributed by atoms with Crippen LogP contribution in [0.4, 0.5) is 34.8 Å². The van der Waals surface area contributed by atoms with Gasteiger partial charge in [-0.15, -0.1) is 0 Å². The highest BCUT2D eigenvalue weighted by Crippen LogP contribution is 2.22. The molecule has 2 aromatic carbocycles. The number of halogens is 4. The normalized spacial score (nSPS) is 10.5. The maximum absolute atomic E-state index is 13.6. The Morgan fingerprint density at radius 3 is 2.23 bits per heavy atom. The zero-order valence-corrected chi connectivity index (χ0v) is 13.1. The summed E-state index contributed by atoms with van der Waals surface area (Å²) in [5.41, 5.74) is 0.313. The SMILES string of the molecule is O=C(Nc1ccc(F)cc1)c1ccc(Nc2ccc(F)c(F)c2F)nc1. The third-order valence-corrected chi connectivity index (χ3v) is 3.43. The van der Waals surface area contributed by atoms with E-state index in [9.17, 15) is 22.4 Å². The van der Waals surface area contributed by atoms with Crippen LogP contribution in [0.3, 0.4) is 0 Å². The van der Waals surface area contributed by atoms with E-state index in [1.54, 1.807) is 0 Å². The number of aromatic nitrogens is 1. The minimum absolute atomic E-state index is 0.133. The number of benzene rings is 2. The molecule has 132 valence electrons. The molecule has 0 aliphatic carbocycles. The second-order valence-electron chi connectivity index (χ2n) is 5.24. The van der Waals surface area contributed by atoms with Crippen molar-refractivity contribution in [2.24, 2.45) is 0 Å². The molecule has 26 heavy (non-hydrogen) atoms. The van der Waals surface area contributed by atoms with Gasteiger partial charge >= 0.3 is 0 Å². The number of pyridine rings is 1. The van der Waals surface area contributed by atoms with E-state index < -0.39 is 29.2 Å². The van der Waals surface area contributed by atoms with Crippen LogP contribution in [-0.2, 0) is 0 Å². The second-order valence-corrected chi connectivity index (χ2v) is 5.24. The molecule has 2 N–H and O–H groups in total. The van der Waals surface area contributed by atoms with Gasteiger partial charge in [0.05, 0.1) is 11.3 Å².